The molecule has 0 unspecified atom stereocenters. The van der Waals surface area contributed by atoms with Crippen LogP contribution in [0.2, 0.25) is 5.02 Å². The average molecular weight is 247 g/mol. The Morgan fingerprint density at radius 1 is 1.40 bits per heavy atom. The fourth-order valence-electron chi connectivity index (χ4n) is 1.29. The van der Waals surface area contributed by atoms with Crippen molar-refractivity contribution in [1.82, 2.24) is 4.72 Å². The van der Waals surface area contributed by atoms with Gasteiger partial charge in [0.25, 0.3) is 0 Å². The molecular formula is C9H11ClN2O2S. The van der Waals surface area contributed by atoms with Gasteiger partial charge in [-0.3, -0.25) is 0 Å². The molecule has 0 bridgehead atoms. The highest BCUT2D eigenvalue weighted by atomic mass is 35.5. The molecule has 0 aromatic heterocycles. The van der Waals surface area contributed by atoms with Crippen molar-refractivity contribution in [2.45, 2.75) is 23.8 Å². The number of sulfonamides is 1. The summed E-state index contributed by atoms with van der Waals surface area (Å²) in [6.07, 6.45) is 1.76. The van der Waals surface area contributed by atoms with E-state index in [-0.39, 0.29) is 21.6 Å². The lowest BCUT2D eigenvalue weighted by Crippen LogP contribution is -2.26. The summed E-state index contributed by atoms with van der Waals surface area (Å²) >= 11 is 5.82. The zero-order valence-electron chi connectivity index (χ0n) is 7.90. The topological polar surface area (TPSA) is 72.2 Å². The van der Waals surface area contributed by atoms with E-state index in [4.69, 9.17) is 17.3 Å². The smallest absolute Gasteiger partial charge is 0.244 e. The van der Waals surface area contributed by atoms with Crippen LogP contribution in [0.4, 0.5) is 5.69 Å². The number of hydrogen-bond acceptors (Lipinski definition) is 3. The Morgan fingerprint density at radius 2 is 2.07 bits per heavy atom. The molecule has 1 aliphatic rings. The van der Waals surface area contributed by atoms with E-state index < -0.39 is 10.0 Å². The van der Waals surface area contributed by atoms with Gasteiger partial charge in [-0.25, -0.2) is 13.1 Å². The van der Waals surface area contributed by atoms with Crippen LogP contribution in [0.25, 0.3) is 0 Å². The molecule has 0 heterocycles. The van der Waals surface area contributed by atoms with E-state index in [2.05, 4.69) is 4.72 Å². The van der Waals surface area contributed by atoms with E-state index in [1.54, 1.807) is 6.07 Å². The summed E-state index contributed by atoms with van der Waals surface area (Å²) in [5.41, 5.74) is 5.78. The quantitative estimate of drug-likeness (QED) is 0.791. The molecule has 82 valence electrons. The first kappa shape index (κ1) is 10.7. The van der Waals surface area contributed by atoms with E-state index >= 15 is 0 Å². The van der Waals surface area contributed by atoms with Crippen molar-refractivity contribution < 1.29 is 8.42 Å². The van der Waals surface area contributed by atoms with E-state index in [9.17, 15) is 8.42 Å². The van der Waals surface area contributed by atoms with Crippen LogP contribution >= 0.6 is 11.6 Å². The van der Waals surface area contributed by atoms with Crippen LogP contribution in [0.15, 0.2) is 23.1 Å². The third kappa shape index (κ3) is 2.25. The first-order chi connectivity index (χ1) is 7.00. The van der Waals surface area contributed by atoms with Gasteiger partial charge in [-0.2, -0.15) is 0 Å². The van der Waals surface area contributed by atoms with Crippen LogP contribution in [-0.2, 0) is 10.0 Å². The molecule has 0 amide bonds. The second kappa shape index (κ2) is 3.66. The number of rotatable bonds is 3. The number of halogens is 1. The largest absolute Gasteiger partial charge is 0.398 e. The van der Waals surface area contributed by atoms with Crippen molar-refractivity contribution in [3.05, 3.63) is 23.2 Å². The van der Waals surface area contributed by atoms with Gasteiger partial charge in [0.2, 0.25) is 10.0 Å². The molecule has 0 saturated heterocycles. The van der Waals surface area contributed by atoms with Crippen molar-refractivity contribution >= 4 is 27.3 Å². The SMILES string of the molecule is Nc1cccc(Cl)c1S(=O)(=O)NC1CC1. The lowest BCUT2D eigenvalue weighted by Gasteiger charge is -2.09. The molecule has 6 heteroatoms. The minimum absolute atomic E-state index is 0.0152. The maximum Gasteiger partial charge on any atom is 0.244 e. The van der Waals surface area contributed by atoms with Crippen molar-refractivity contribution in [3.63, 3.8) is 0 Å². The molecule has 1 saturated carbocycles. The third-order valence-electron chi connectivity index (χ3n) is 2.17. The second-order valence-electron chi connectivity index (χ2n) is 3.55. The first-order valence-electron chi connectivity index (χ1n) is 4.57. The number of nitrogens with two attached hydrogens (primary N) is 1. The summed E-state index contributed by atoms with van der Waals surface area (Å²) in [4.78, 5) is -0.0152. The van der Waals surface area contributed by atoms with Crippen LogP contribution < -0.4 is 10.5 Å². The molecule has 2 rings (SSSR count). The summed E-state index contributed by atoms with van der Waals surface area (Å²) in [5, 5.41) is 0.156. The highest BCUT2D eigenvalue weighted by Crippen LogP contribution is 2.29. The molecule has 3 N–H and O–H groups in total. The van der Waals surface area contributed by atoms with Gasteiger partial charge < -0.3 is 5.73 Å². The standard InChI is InChI=1S/C9H11ClN2O2S/c10-7-2-1-3-8(11)9(7)15(13,14)12-6-4-5-6/h1-3,6,12H,4-5,11H2. The lowest BCUT2D eigenvalue weighted by atomic mass is 10.3. The molecule has 0 radical (unpaired) electrons. The second-order valence-corrected chi connectivity index (χ2v) is 5.61. The molecular weight excluding hydrogens is 236 g/mol. The van der Waals surface area contributed by atoms with Crippen LogP contribution in [0.1, 0.15) is 12.8 Å². The highest BCUT2D eigenvalue weighted by molar-refractivity contribution is 7.89. The van der Waals surface area contributed by atoms with Crippen molar-refractivity contribution in [2.24, 2.45) is 0 Å². The number of nitrogen functional groups attached to an aromatic ring is 1. The van der Waals surface area contributed by atoms with Gasteiger partial charge >= 0.3 is 0 Å². The van der Waals surface area contributed by atoms with Crippen LogP contribution in [0.3, 0.4) is 0 Å². The van der Waals surface area contributed by atoms with Crippen LogP contribution in [0, 0.1) is 0 Å². The summed E-state index contributed by atoms with van der Waals surface area (Å²) in [5.74, 6) is 0. The van der Waals surface area contributed by atoms with Gasteiger partial charge in [-0.1, -0.05) is 17.7 Å². The van der Waals surface area contributed by atoms with Crippen molar-refractivity contribution in [3.8, 4) is 0 Å². The molecule has 1 aromatic rings. The van der Waals surface area contributed by atoms with Crippen molar-refractivity contribution in [1.29, 1.82) is 0 Å². The zero-order chi connectivity index (χ0) is 11.1. The van der Waals surface area contributed by atoms with Crippen molar-refractivity contribution in [2.75, 3.05) is 5.73 Å². The van der Waals surface area contributed by atoms with Gasteiger partial charge in [-0.15, -0.1) is 0 Å². The van der Waals surface area contributed by atoms with E-state index in [0.29, 0.717) is 0 Å². The molecule has 1 fully saturated rings. The van der Waals surface area contributed by atoms with Gasteiger partial charge in [0.1, 0.15) is 4.90 Å². The van der Waals surface area contributed by atoms with Crippen LogP contribution in [0.5, 0.6) is 0 Å². The molecule has 1 aromatic carbocycles. The molecule has 0 aliphatic heterocycles. The minimum atomic E-state index is -3.57. The predicted octanol–water partition coefficient (Wildman–Crippen LogP) is 1.36. The normalized spacial score (nSPS) is 16.6. The summed E-state index contributed by atoms with van der Waals surface area (Å²) in [6.45, 7) is 0. The molecule has 0 atom stereocenters. The summed E-state index contributed by atoms with van der Waals surface area (Å²) < 4.78 is 26.2. The molecule has 1 aliphatic carbocycles. The van der Waals surface area contributed by atoms with Gasteiger partial charge in [0.15, 0.2) is 0 Å². The van der Waals surface area contributed by atoms with Crippen LogP contribution in [-0.4, -0.2) is 14.5 Å². The Hall–Kier alpha value is -0.780. The fraction of sp³-hybridized carbons (Fsp3) is 0.333. The monoisotopic (exact) mass is 246 g/mol. The Labute approximate surface area is 93.5 Å². The predicted molar refractivity (Wildman–Crippen MR) is 59.2 cm³/mol. The third-order valence-corrected chi connectivity index (χ3v) is 4.23. The average Bonchev–Trinajstić information content (AvgIpc) is 2.86. The van der Waals surface area contributed by atoms with Gasteiger partial charge in [0.05, 0.1) is 10.7 Å². The molecule has 4 nitrogen and oxygen atoms in total. The van der Waals surface area contributed by atoms with E-state index in [1.807, 2.05) is 0 Å². The van der Waals surface area contributed by atoms with Gasteiger partial charge in [0, 0.05) is 6.04 Å². The maximum absolute atomic E-state index is 11.8. The lowest BCUT2D eigenvalue weighted by molar-refractivity contribution is 0.581. The Morgan fingerprint density at radius 3 is 2.60 bits per heavy atom. The Balaban J connectivity index is 2.42. The number of hydrogen-bond donors (Lipinski definition) is 2. The molecule has 15 heavy (non-hydrogen) atoms. The maximum atomic E-state index is 11.8. The first-order valence-corrected chi connectivity index (χ1v) is 6.43. The zero-order valence-corrected chi connectivity index (χ0v) is 9.48. The van der Waals surface area contributed by atoms with E-state index in [1.165, 1.54) is 12.1 Å². The van der Waals surface area contributed by atoms with E-state index in [0.717, 1.165) is 12.8 Å². The Bertz CT molecular complexity index is 463. The minimum Gasteiger partial charge on any atom is -0.398 e. The Kier molecular flexibility index (Phi) is 2.62. The summed E-state index contributed by atoms with van der Waals surface area (Å²) in [6, 6.07) is 4.70. The fourth-order valence-corrected chi connectivity index (χ4v) is 3.27. The van der Waals surface area contributed by atoms with Gasteiger partial charge in [-0.05, 0) is 25.0 Å². The number of benzene rings is 1. The summed E-state index contributed by atoms with van der Waals surface area (Å²) in [7, 11) is -3.57. The highest BCUT2D eigenvalue weighted by Gasteiger charge is 2.30. The molecule has 0 spiro atoms. The number of nitrogens with one attached hydrogen (secondary N) is 1. The number of anilines is 1.